The summed E-state index contributed by atoms with van der Waals surface area (Å²) in [5.74, 6) is -0.183. The van der Waals surface area contributed by atoms with Gasteiger partial charge < -0.3 is 5.32 Å². The molecule has 1 N–H and O–H groups in total. The van der Waals surface area contributed by atoms with Gasteiger partial charge in [0.05, 0.1) is 11.9 Å². The average Bonchev–Trinajstić information content (AvgIpc) is 2.62. The predicted octanol–water partition coefficient (Wildman–Crippen LogP) is 3.38. The van der Waals surface area contributed by atoms with Crippen LogP contribution in [0, 0.1) is 13.8 Å². The van der Waals surface area contributed by atoms with E-state index in [1.54, 1.807) is 19.1 Å². The number of rotatable bonds is 7. The van der Waals surface area contributed by atoms with Crippen molar-refractivity contribution >= 4 is 21.6 Å². The van der Waals surface area contributed by atoms with Crippen molar-refractivity contribution in [3.05, 3.63) is 65.2 Å². The van der Waals surface area contributed by atoms with Gasteiger partial charge in [-0.2, -0.15) is 0 Å². The highest BCUT2D eigenvalue weighted by Crippen LogP contribution is 2.24. The number of anilines is 1. The van der Waals surface area contributed by atoms with Gasteiger partial charge in [0.15, 0.2) is 0 Å². The Morgan fingerprint density at radius 3 is 2.22 bits per heavy atom. The third-order valence-electron chi connectivity index (χ3n) is 4.78. The Labute approximate surface area is 162 Å². The standard InChI is InChI=1S/C21H28N2O3S/c1-15-11-12-20(13-16(15)2)23(27(5,25)26)18(4)21(24)22-14-17(3)19-9-7-6-8-10-19/h6-13,17-18H,14H2,1-5H3,(H,22,24)/t17-,18-/m0/s1. The van der Waals surface area contributed by atoms with Crippen molar-refractivity contribution in [3.8, 4) is 0 Å². The van der Waals surface area contributed by atoms with Crippen LogP contribution >= 0.6 is 0 Å². The van der Waals surface area contributed by atoms with Gasteiger partial charge in [0, 0.05) is 6.54 Å². The minimum atomic E-state index is -3.61. The number of sulfonamides is 1. The molecule has 0 spiro atoms. The largest absolute Gasteiger partial charge is 0.354 e. The predicted molar refractivity (Wildman–Crippen MR) is 111 cm³/mol. The molecule has 6 heteroatoms. The molecule has 2 aromatic rings. The van der Waals surface area contributed by atoms with Crippen molar-refractivity contribution in [3.63, 3.8) is 0 Å². The van der Waals surface area contributed by atoms with Crippen molar-refractivity contribution in [1.29, 1.82) is 0 Å². The van der Waals surface area contributed by atoms with Crippen LogP contribution in [-0.2, 0) is 14.8 Å². The number of hydrogen-bond donors (Lipinski definition) is 1. The van der Waals surface area contributed by atoms with Crippen LogP contribution < -0.4 is 9.62 Å². The Balaban J connectivity index is 2.16. The lowest BCUT2D eigenvalue weighted by Crippen LogP contribution is -2.48. The molecule has 0 aliphatic heterocycles. The van der Waals surface area contributed by atoms with E-state index in [-0.39, 0.29) is 11.8 Å². The molecule has 5 nitrogen and oxygen atoms in total. The number of carbonyl (C=O) groups is 1. The summed E-state index contributed by atoms with van der Waals surface area (Å²) < 4.78 is 25.9. The molecule has 27 heavy (non-hydrogen) atoms. The monoisotopic (exact) mass is 388 g/mol. The van der Waals surface area contributed by atoms with Gasteiger partial charge in [-0.05, 0) is 55.5 Å². The van der Waals surface area contributed by atoms with Gasteiger partial charge in [0.2, 0.25) is 15.9 Å². The van der Waals surface area contributed by atoms with E-state index < -0.39 is 16.1 Å². The molecule has 0 radical (unpaired) electrons. The Kier molecular flexibility index (Phi) is 6.65. The summed E-state index contributed by atoms with van der Waals surface area (Å²) in [6.07, 6.45) is 1.12. The lowest BCUT2D eigenvalue weighted by atomic mass is 10.0. The highest BCUT2D eigenvalue weighted by Gasteiger charge is 2.29. The second kappa shape index (κ2) is 8.57. The van der Waals surface area contributed by atoms with Crippen LogP contribution in [0.5, 0.6) is 0 Å². The van der Waals surface area contributed by atoms with Crippen LogP contribution in [0.1, 0.15) is 36.5 Å². The summed E-state index contributed by atoms with van der Waals surface area (Å²) in [6, 6.07) is 14.5. The van der Waals surface area contributed by atoms with Gasteiger partial charge >= 0.3 is 0 Å². The normalized spacial score (nSPS) is 13.7. The average molecular weight is 389 g/mol. The molecule has 2 aromatic carbocycles. The van der Waals surface area contributed by atoms with Gasteiger partial charge in [-0.1, -0.05) is 43.3 Å². The molecule has 0 fully saturated rings. The quantitative estimate of drug-likeness (QED) is 0.791. The number of amides is 1. The summed E-state index contributed by atoms with van der Waals surface area (Å²) in [7, 11) is -3.61. The molecule has 0 aliphatic carbocycles. The van der Waals surface area contributed by atoms with Gasteiger partial charge in [0.1, 0.15) is 6.04 Å². The van der Waals surface area contributed by atoms with Gasteiger partial charge in [-0.3, -0.25) is 9.10 Å². The summed E-state index contributed by atoms with van der Waals surface area (Å²) in [5.41, 5.74) is 3.67. The third kappa shape index (κ3) is 5.32. The first-order valence-corrected chi connectivity index (χ1v) is 10.9. The number of nitrogens with zero attached hydrogens (tertiary/aromatic N) is 1. The number of carbonyl (C=O) groups excluding carboxylic acids is 1. The van der Waals surface area contributed by atoms with E-state index in [0.717, 1.165) is 22.9 Å². The molecule has 0 saturated carbocycles. The smallest absolute Gasteiger partial charge is 0.243 e. The first-order valence-electron chi connectivity index (χ1n) is 9.00. The van der Waals surface area contributed by atoms with Gasteiger partial charge in [-0.25, -0.2) is 8.42 Å². The van der Waals surface area contributed by atoms with Crippen LogP contribution in [0.4, 0.5) is 5.69 Å². The number of hydrogen-bond acceptors (Lipinski definition) is 3. The lowest BCUT2D eigenvalue weighted by molar-refractivity contribution is -0.121. The second-order valence-electron chi connectivity index (χ2n) is 7.06. The molecule has 0 aliphatic rings. The first kappa shape index (κ1) is 21.0. The minimum Gasteiger partial charge on any atom is -0.354 e. The summed E-state index contributed by atoms with van der Waals surface area (Å²) in [4.78, 5) is 12.7. The molecule has 0 heterocycles. The Hall–Kier alpha value is -2.34. The fourth-order valence-electron chi connectivity index (χ4n) is 2.97. The SMILES string of the molecule is Cc1ccc(N([C@@H](C)C(=O)NC[C@H](C)c2ccccc2)S(C)(=O)=O)cc1C. The van der Waals surface area contributed by atoms with Crippen molar-refractivity contribution in [1.82, 2.24) is 5.32 Å². The Morgan fingerprint density at radius 1 is 1.04 bits per heavy atom. The van der Waals surface area contributed by atoms with Crippen molar-refractivity contribution in [2.75, 3.05) is 17.1 Å². The van der Waals surface area contributed by atoms with Crippen LogP contribution in [0.15, 0.2) is 48.5 Å². The van der Waals surface area contributed by atoms with E-state index in [1.807, 2.05) is 57.2 Å². The fraction of sp³-hybridized carbons (Fsp3) is 0.381. The molecule has 0 bridgehead atoms. The Bertz CT molecular complexity index is 895. The Morgan fingerprint density at radius 2 is 1.67 bits per heavy atom. The maximum Gasteiger partial charge on any atom is 0.243 e. The number of benzene rings is 2. The van der Waals surface area contributed by atoms with E-state index in [0.29, 0.717) is 12.2 Å². The lowest BCUT2D eigenvalue weighted by Gasteiger charge is -2.29. The highest BCUT2D eigenvalue weighted by atomic mass is 32.2. The zero-order chi connectivity index (χ0) is 20.2. The van der Waals surface area contributed by atoms with Gasteiger partial charge in [0.25, 0.3) is 0 Å². The topological polar surface area (TPSA) is 66.5 Å². The highest BCUT2D eigenvalue weighted by molar-refractivity contribution is 7.92. The van der Waals surface area contributed by atoms with E-state index in [4.69, 9.17) is 0 Å². The molecule has 0 saturated heterocycles. The van der Waals surface area contributed by atoms with Crippen LogP contribution in [0.3, 0.4) is 0 Å². The van der Waals surface area contributed by atoms with E-state index in [2.05, 4.69) is 5.32 Å². The fourth-order valence-corrected chi connectivity index (χ4v) is 4.14. The molecule has 2 rings (SSSR count). The number of nitrogens with one attached hydrogen (secondary N) is 1. The zero-order valence-electron chi connectivity index (χ0n) is 16.6. The summed E-state index contributed by atoms with van der Waals surface area (Å²) in [5, 5.41) is 2.88. The van der Waals surface area contributed by atoms with E-state index in [1.165, 1.54) is 4.31 Å². The molecular weight excluding hydrogens is 360 g/mol. The first-order chi connectivity index (χ1) is 12.6. The summed E-state index contributed by atoms with van der Waals surface area (Å²) >= 11 is 0. The van der Waals surface area contributed by atoms with E-state index >= 15 is 0 Å². The van der Waals surface area contributed by atoms with Crippen LogP contribution in [-0.4, -0.2) is 33.2 Å². The minimum absolute atomic E-state index is 0.135. The molecule has 0 unspecified atom stereocenters. The zero-order valence-corrected chi connectivity index (χ0v) is 17.4. The van der Waals surface area contributed by atoms with Crippen molar-refractivity contribution in [2.45, 2.75) is 39.7 Å². The molecule has 1 amide bonds. The maximum atomic E-state index is 12.7. The summed E-state index contributed by atoms with van der Waals surface area (Å²) in [6.45, 7) is 7.96. The van der Waals surface area contributed by atoms with Crippen LogP contribution in [0.25, 0.3) is 0 Å². The third-order valence-corrected chi connectivity index (χ3v) is 6.03. The maximum absolute atomic E-state index is 12.7. The molecule has 146 valence electrons. The van der Waals surface area contributed by atoms with Crippen molar-refractivity contribution < 1.29 is 13.2 Å². The van der Waals surface area contributed by atoms with Gasteiger partial charge in [-0.15, -0.1) is 0 Å². The molecule has 0 aromatic heterocycles. The number of aryl methyl sites for hydroxylation is 2. The second-order valence-corrected chi connectivity index (χ2v) is 8.92. The van der Waals surface area contributed by atoms with Crippen LogP contribution in [0.2, 0.25) is 0 Å². The van der Waals surface area contributed by atoms with E-state index in [9.17, 15) is 13.2 Å². The van der Waals surface area contributed by atoms with Crippen molar-refractivity contribution in [2.24, 2.45) is 0 Å². The molecular formula is C21H28N2O3S. The molecule has 2 atom stereocenters.